The van der Waals surface area contributed by atoms with Crippen molar-refractivity contribution >= 4 is 5.57 Å². The summed E-state index contributed by atoms with van der Waals surface area (Å²) in [4.78, 5) is 0. The molecule has 0 bridgehead atoms. The van der Waals surface area contributed by atoms with Gasteiger partial charge in [0.1, 0.15) is 0 Å². The second-order valence-electron chi connectivity index (χ2n) is 4.59. The molecule has 86 valence electrons. The fourth-order valence-electron chi connectivity index (χ4n) is 1.94. The van der Waals surface area contributed by atoms with E-state index in [0.29, 0.717) is 5.92 Å². The molecule has 0 spiro atoms. The number of rotatable bonds is 3. The summed E-state index contributed by atoms with van der Waals surface area (Å²) in [6, 6.07) is 19.0. The number of benzene rings is 2. The quantitative estimate of drug-likeness (QED) is 0.683. The van der Waals surface area contributed by atoms with Crippen LogP contribution in [0.3, 0.4) is 0 Å². The first kappa shape index (κ1) is 11.7. The van der Waals surface area contributed by atoms with Crippen molar-refractivity contribution in [1.82, 2.24) is 0 Å². The SMILES string of the molecule is C=C(c1ccccc1-c1ccccc1)C(C)C. The van der Waals surface area contributed by atoms with Gasteiger partial charge in [-0.2, -0.15) is 0 Å². The van der Waals surface area contributed by atoms with Crippen LogP contribution >= 0.6 is 0 Å². The Morgan fingerprint density at radius 2 is 1.47 bits per heavy atom. The minimum absolute atomic E-state index is 0.472. The fraction of sp³-hybridized carbons (Fsp3) is 0.176. The lowest BCUT2D eigenvalue weighted by Crippen LogP contribution is -1.94. The van der Waals surface area contributed by atoms with Crippen molar-refractivity contribution in [2.45, 2.75) is 13.8 Å². The Bertz CT molecular complexity index is 507. The summed E-state index contributed by atoms with van der Waals surface area (Å²) in [5, 5.41) is 0. The maximum atomic E-state index is 4.21. The normalized spacial score (nSPS) is 10.5. The molecule has 0 N–H and O–H groups in total. The molecule has 0 heteroatoms. The Morgan fingerprint density at radius 3 is 2.12 bits per heavy atom. The minimum Gasteiger partial charge on any atom is -0.0950 e. The molecule has 0 aliphatic rings. The van der Waals surface area contributed by atoms with Crippen LogP contribution in [0.1, 0.15) is 19.4 Å². The lowest BCUT2D eigenvalue weighted by molar-refractivity contribution is 0.858. The van der Waals surface area contributed by atoms with Crippen LogP contribution in [-0.2, 0) is 0 Å². The lowest BCUT2D eigenvalue weighted by Gasteiger charge is -2.14. The molecule has 0 saturated carbocycles. The second kappa shape index (κ2) is 5.01. The van der Waals surface area contributed by atoms with Crippen LogP contribution in [0.5, 0.6) is 0 Å². The monoisotopic (exact) mass is 222 g/mol. The predicted molar refractivity (Wildman–Crippen MR) is 75.8 cm³/mol. The van der Waals surface area contributed by atoms with Crippen molar-refractivity contribution in [3.05, 3.63) is 66.7 Å². The average Bonchev–Trinajstić information content (AvgIpc) is 2.39. The van der Waals surface area contributed by atoms with E-state index in [2.05, 4.69) is 69.0 Å². The van der Waals surface area contributed by atoms with E-state index in [1.807, 2.05) is 6.07 Å². The van der Waals surface area contributed by atoms with E-state index >= 15 is 0 Å². The van der Waals surface area contributed by atoms with E-state index in [1.165, 1.54) is 22.3 Å². The molecule has 0 aliphatic heterocycles. The van der Waals surface area contributed by atoms with Crippen molar-refractivity contribution in [2.24, 2.45) is 5.92 Å². The summed E-state index contributed by atoms with van der Waals surface area (Å²) in [7, 11) is 0. The zero-order valence-corrected chi connectivity index (χ0v) is 10.5. The molecule has 0 fully saturated rings. The van der Waals surface area contributed by atoms with Crippen molar-refractivity contribution in [2.75, 3.05) is 0 Å². The van der Waals surface area contributed by atoms with Gasteiger partial charge in [0.15, 0.2) is 0 Å². The molecule has 0 aromatic heterocycles. The molecular formula is C17H18. The highest BCUT2D eigenvalue weighted by Crippen LogP contribution is 2.31. The van der Waals surface area contributed by atoms with Crippen LogP contribution < -0.4 is 0 Å². The van der Waals surface area contributed by atoms with E-state index in [1.54, 1.807) is 0 Å². The van der Waals surface area contributed by atoms with Gasteiger partial charge in [-0.1, -0.05) is 75.0 Å². The van der Waals surface area contributed by atoms with Gasteiger partial charge in [-0.15, -0.1) is 0 Å². The van der Waals surface area contributed by atoms with Crippen LogP contribution in [0, 0.1) is 5.92 Å². The summed E-state index contributed by atoms with van der Waals surface area (Å²) in [5.41, 5.74) is 4.98. The minimum atomic E-state index is 0.472. The maximum Gasteiger partial charge on any atom is -0.0109 e. The maximum absolute atomic E-state index is 4.21. The molecule has 0 saturated heterocycles. The van der Waals surface area contributed by atoms with Gasteiger partial charge in [0.2, 0.25) is 0 Å². The van der Waals surface area contributed by atoms with Crippen molar-refractivity contribution in [1.29, 1.82) is 0 Å². The number of hydrogen-bond donors (Lipinski definition) is 0. The van der Waals surface area contributed by atoms with Gasteiger partial charge < -0.3 is 0 Å². The molecule has 0 heterocycles. The zero-order valence-electron chi connectivity index (χ0n) is 10.5. The van der Waals surface area contributed by atoms with E-state index in [4.69, 9.17) is 0 Å². The Balaban J connectivity index is 2.52. The third-order valence-electron chi connectivity index (χ3n) is 3.05. The van der Waals surface area contributed by atoms with Gasteiger partial charge in [0.05, 0.1) is 0 Å². The molecule has 0 aliphatic carbocycles. The summed E-state index contributed by atoms with van der Waals surface area (Å²) >= 11 is 0. The van der Waals surface area contributed by atoms with E-state index in [0.717, 1.165) is 0 Å². The molecule has 2 aromatic rings. The van der Waals surface area contributed by atoms with Gasteiger partial charge in [0.25, 0.3) is 0 Å². The Hall–Kier alpha value is -1.82. The fourth-order valence-corrected chi connectivity index (χ4v) is 1.94. The standard InChI is InChI=1S/C17H18/c1-13(2)14(3)16-11-7-8-12-17(16)15-9-5-4-6-10-15/h4-13H,3H2,1-2H3. The Kier molecular flexibility index (Phi) is 3.43. The molecule has 0 nitrogen and oxygen atoms in total. The molecule has 0 unspecified atom stereocenters. The van der Waals surface area contributed by atoms with Gasteiger partial charge in [0, 0.05) is 0 Å². The first-order valence-corrected chi connectivity index (χ1v) is 6.03. The second-order valence-corrected chi connectivity index (χ2v) is 4.59. The van der Waals surface area contributed by atoms with Gasteiger partial charge in [-0.05, 0) is 28.2 Å². The van der Waals surface area contributed by atoms with Crippen LogP contribution in [-0.4, -0.2) is 0 Å². The van der Waals surface area contributed by atoms with Gasteiger partial charge in [-0.3, -0.25) is 0 Å². The molecule has 0 atom stereocenters. The lowest BCUT2D eigenvalue weighted by atomic mass is 9.90. The van der Waals surface area contributed by atoms with Gasteiger partial charge >= 0.3 is 0 Å². The number of hydrogen-bond acceptors (Lipinski definition) is 0. The van der Waals surface area contributed by atoms with E-state index < -0.39 is 0 Å². The highest BCUT2D eigenvalue weighted by Gasteiger charge is 2.09. The zero-order chi connectivity index (χ0) is 12.3. The Morgan fingerprint density at radius 1 is 0.882 bits per heavy atom. The van der Waals surface area contributed by atoms with Gasteiger partial charge in [-0.25, -0.2) is 0 Å². The first-order valence-electron chi connectivity index (χ1n) is 6.03. The van der Waals surface area contributed by atoms with Crippen molar-refractivity contribution in [3.8, 4) is 11.1 Å². The Labute approximate surface area is 104 Å². The molecule has 2 rings (SSSR count). The molecule has 2 aromatic carbocycles. The molecule has 17 heavy (non-hydrogen) atoms. The van der Waals surface area contributed by atoms with Crippen LogP contribution in [0.15, 0.2) is 61.2 Å². The summed E-state index contributed by atoms with van der Waals surface area (Å²) in [5.74, 6) is 0.472. The van der Waals surface area contributed by atoms with E-state index in [-0.39, 0.29) is 0 Å². The van der Waals surface area contributed by atoms with Crippen LogP contribution in [0.25, 0.3) is 16.7 Å². The molecular weight excluding hydrogens is 204 g/mol. The topological polar surface area (TPSA) is 0 Å². The average molecular weight is 222 g/mol. The summed E-state index contributed by atoms with van der Waals surface area (Å²) < 4.78 is 0. The molecule has 0 amide bonds. The first-order chi connectivity index (χ1) is 8.20. The third kappa shape index (κ3) is 2.47. The highest BCUT2D eigenvalue weighted by molar-refractivity contribution is 5.80. The smallest absolute Gasteiger partial charge is 0.0109 e. The third-order valence-corrected chi connectivity index (χ3v) is 3.05. The van der Waals surface area contributed by atoms with Crippen LogP contribution in [0.4, 0.5) is 0 Å². The summed E-state index contributed by atoms with van der Waals surface area (Å²) in [6.45, 7) is 8.58. The van der Waals surface area contributed by atoms with Crippen LogP contribution in [0.2, 0.25) is 0 Å². The summed E-state index contributed by atoms with van der Waals surface area (Å²) in [6.07, 6.45) is 0. The van der Waals surface area contributed by atoms with E-state index in [9.17, 15) is 0 Å². The largest absolute Gasteiger partial charge is 0.0950 e. The van der Waals surface area contributed by atoms with Crippen molar-refractivity contribution in [3.63, 3.8) is 0 Å². The molecule has 0 radical (unpaired) electrons. The number of allylic oxidation sites excluding steroid dienone is 1. The van der Waals surface area contributed by atoms with Crippen molar-refractivity contribution < 1.29 is 0 Å². The predicted octanol–water partition coefficient (Wildman–Crippen LogP) is 5.02. The highest BCUT2D eigenvalue weighted by atomic mass is 14.1.